The van der Waals surface area contributed by atoms with Crippen molar-refractivity contribution in [2.45, 2.75) is 50.8 Å². The van der Waals surface area contributed by atoms with E-state index < -0.39 is 0 Å². The van der Waals surface area contributed by atoms with Gasteiger partial charge in [0.05, 0.1) is 5.38 Å². The molecular formula is C16H22ClNO. The number of anilines is 1. The van der Waals surface area contributed by atoms with E-state index in [4.69, 9.17) is 11.6 Å². The minimum Gasteiger partial charge on any atom is -0.326 e. The van der Waals surface area contributed by atoms with E-state index in [0.29, 0.717) is 0 Å². The summed E-state index contributed by atoms with van der Waals surface area (Å²) in [5.41, 5.74) is 1.85. The van der Waals surface area contributed by atoms with Gasteiger partial charge < -0.3 is 5.32 Å². The second-order valence-electron chi connectivity index (χ2n) is 5.38. The minimum atomic E-state index is -0.0920. The molecule has 1 aliphatic rings. The van der Waals surface area contributed by atoms with E-state index in [9.17, 15) is 4.79 Å². The minimum absolute atomic E-state index is 0.0920. The number of amides is 1. The number of carbonyl (C=O) groups is 1. The van der Waals surface area contributed by atoms with Crippen LogP contribution in [0.3, 0.4) is 0 Å². The zero-order valence-corrected chi connectivity index (χ0v) is 12.2. The van der Waals surface area contributed by atoms with E-state index in [1.165, 1.54) is 25.7 Å². The highest BCUT2D eigenvalue weighted by atomic mass is 35.5. The first-order valence-corrected chi connectivity index (χ1v) is 7.66. The molecule has 1 aromatic rings. The topological polar surface area (TPSA) is 29.1 Å². The Balaban J connectivity index is 2.05. The lowest BCUT2D eigenvalue weighted by Gasteiger charge is -2.17. The maximum absolute atomic E-state index is 12.3. The molecule has 0 spiro atoms. The highest BCUT2D eigenvalue weighted by Crippen LogP contribution is 2.29. The summed E-state index contributed by atoms with van der Waals surface area (Å²) in [5.74, 6) is 0.327. The molecule has 1 N–H and O–H groups in total. The van der Waals surface area contributed by atoms with E-state index in [0.717, 1.165) is 24.1 Å². The third kappa shape index (κ3) is 3.97. The number of alkyl halides is 1. The molecule has 104 valence electrons. The van der Waals surface area contributed by atoms with Crippen molar-refractivity contribution in [1.82, 2.24) is 0 Å². The van der Waals surface area contributed by atoms with Crippen LogP contribution >= 0.6 is 11.6 Å². The Hall–Kier alpha value is -1.02. The van der Waals surface area contributed by atoms with E-state index in [1.807, 2.05) is 31.2 Å². The quantitative estimate of drug-likeness (QED) is 0.619. The molecule has 0 bridgehead atoms. The van der Waals surface area contributed by atoms with Crippen molar-refractivity contribution in [2.75, 3.05) is 5.32 Å². The molecule has 1 fully saturated rings. The molecule has 19 heavy (non-hydrogen) atoms. The number of halogens is 1. The van der Waals surface area contributed by atoms with Crippen molar-refractivity contribution in [1.29, 1.82) is 0 Å². The Kier molecular flexibility index (Phi) is 5.26. The molecule has 1 atom stereocenters. The maximum Gasteiger partial charge on any atom is 0.227 e. The second kappa shape index (κ2) is 6.95. The number of hydrogen-bond donors (Lipinski definition) is 1. The third-order valence-electron chi connectivity index (χ3n) is 3.87. The van der Waals surface area contributed by atoms with Crippen molar-refractivity contribution in [3.8, 4) is 0 Å². The average Bonchev–Trinajstić information content (AvgIpc) is 2.68. The van der Waals surface area contributed by atoms with Crippen LogP contribution in [0.15, 0.2) is 24.3 Å². The highest BCUT2D eigenvalue weighted by molar-refractivity contribution is 6.21. The van der Waals surface area contributed by atoms with Crippen LogP contribution in [0.5, 0.6) is 0 Å². The fourth-order valence-corrected chi connectivity index (χ4v) is 2.92. The zero-order valence-electron chi connectivity index (χ0n) is 11.5. The van der Waals surface area contributed by atoms with Gasteiger partial charge in [0.1, 0.15) is 0 Å². The Bertz CT molecular complexity index is 423. The van der Waals surface area contributed by atoms with Gasteiger partial charge in [-0.2, -0.15) is 0 Å². The van der Waals surface area contributed by atoms with Gasteiger partial charge in [0.2, 0.25) is 5.91 Å². The van der Waals surface area contributed by atoms with Crippen LogP contribution in [0.2, 0.25) is 0 Å². The van der Waals surface area contributed by atoms with E-state index >= 15 is 0 Å². The average molecular weight is 280 g/mol. The van der Waals surface area contributed by atoms with Crippen molar-refractivity contribution in [3.63, 3.8) is 0 Å². The molecule has 0 saturated heterocycles. The number of carbonyl (C=O) groups excluding carboxylic acids is 1. The van der Waals surface area contributed by atoms with Crippen LogP contribution in [-0.4, -0.2) is 5.91 Å². The fraction of sp³-hybridized carbons (Fsp3) is 0.562. The predicted octanol–water partition coefficient (Wildman–Crippen LogP) is 4.90. The van der Waals surface area contributed by atoms with Crippen LogP contribution in [0.1, 0.15) is 56.4 Å². The van der Waals surface area contributed by atoms with Crippen LogP contribution in [-0.2, 0) is 4.79 Å². The number of benzene rings is 1. The Labute approximate surface area is 120 Å². The van der Waals surface area contributed by atoms with Gasteiger partial charge in [-0.1, -0.05) is 43.9 Å². The van der Waals surface area contributed by atoms with Crippen LogP contribution in [0.25, 0.3) is 0 Å². The lowest BCUT2D eigenvalue weighted by molar-refractivity contribution is -0.120. The fourth-order valence-electron chi connectivity index (χ4n) is 2.73. The van der Waals surface area contributed by atoms with E-state index in [2.05, 4.69) is 5.32 Å². The summed E-state index contributed by atoms with van der Waals surface area (Å²) in [4.78, 5) is 12.3. The molecule has 0 radical (unpaired) electrons. The summed E-state index contributed by atoms with van der Waals surface area (Å²) in [7, 11) is 0. The van der Waals surface area contributed by atoms with Gasteiger partial charge in [-0.3, -0.25) is 4.79 Å². The Morgan fingerprint density at radius 2 is 1.84 bits per heavy atom. The van der Waals surface area contributed by atoms with Gasteiger partial charge in [-0.15, -0.1) is 11.6 Å². The maximum atomic E-state index is 12.3. The molecule has 1 amide bonds. The Morgan fingerprint density at radius 1 is 1.21 bits per heavy atom. The molecular weight excluding hydrogens is 258 g/mol. The van der Waals surface area contributed by atoms with Gasteiger partial charge in [0.25, 0.3) is 0 Å². The molecule has 0 aromatic heterocycles. The normalized spacial score (nSPS) is 18.6. The number of rotatable bonds is 3. The molecule has 1 aliphatic carbocycles. The van der Waals surface area contributed by atoms with Crippen molar-refractivity contribution in [2.24, 2.45) is 5.92 Å². The molecule has 1 unspecified atom stereocenters. The summed E-state index contributed by atoms with van der Waals surface area (Å²) < 4.78 is 0. The molecule has 0 aliphatic heterocycles. The molecule has 2 rings (SSSR count). The molecule has 2 nitrogen and oxygen atoms in total. The van der Waals surface area contributed by atoms with Crippen LogP contribution in [0.4, 0.5) is 5.69 Å². The first-order chi connectivity index (χ1) is 9.18. The highest BCUT2D eigenvalue weighted by Gasteiger charge is 2.21. The van der Waals surface area contributed by atoms with Crippen molar-refractivity contribution >= 4 is 23.2 Å². The van der Waals surface area contributed by atoms with Crippen LogP contribution in [0, 0.1) is 5.92 Å². The molecule has 3 heteroatoms. The largest absolute Gasteiger partial charge is 0.326 e. The summed E-state index contributed by atoms with van der Waals surface area (Å²) in [6.45, 7) is 1.93. The molecule has 0 heterocycles. The first kappa shape index (κ1) is 14.4. The summed E-state index contributed by atoms with van der Waals surface area (Å²) in [6, 6.07) is 7.80. The number of nitrogens with one attached hydrogen (secondary N) is 1. The molecule has 1 aromatic carbocycles. The lowest BCUT2D eigenvalue weighted by Crippen LogP contribution is -2.23. The number of para-hydroxylation sites is 1. The van der Waals surface area contributed by atoms with Crippen LogP contribution < -0.4 is 5.32 Å². The summed E-state index contributed by atoms with van der Waals surface area (Å²) in [6.07, 6.45) is 6.91. The van der Waals surface area contributed by atoms with Gasteiger partial charge >= 0.3 is 0 Å². The van der Waals surface area contributed by atoms with E-state index in [1.54, 1.807) is 0 Å². The smallest absolute Gasteiger partial charge is 0.227 e. The first-order valence-electron chi connectivity index (χ1n) is 7.22. The van der Waals surface area contributed by atoms with Gasteiger partial charge in [-0.05, 0) is 31.4 Å². The summed E-state index contributed by atoms with van der Waals surface area (Å²) >= 11 is 6.15. The lowest BCUT2D eigenvalue weighted by atomic mass is 9.99. The summed E-state index contributed by atoms with van der Waals surface area (Å²) in [5, 5.41) is 2.97. The third-order valence-corrected chi connectivity index (χ3v) is 4.11. The van der Waals surface area contributed by atoms with Crippen molar-refractivity contribution in [3.05, 3.63) is 29.8 Å². The number of hydrogen-bond acceptors (Lipinski definition) is 1. The van der Waals surface area contributed by atoms with Gasteiger partial charge in [0.15, 0.2) is 0 Å². The van der Waals surface area contributed by atoms with E-state index in [-0.39, 0.29) is 17.2 Å². The van der Waals surface area contributed by atoms with Gasteiger partial charge in [-0.25, -0.2) is 0 Å². The Morgan fingerprint density at radius 3 is 2.47 bits per heavy atom. The zero-order chi connectivity index (χ0) is 13.7. The predicted molar refractivity (Wildman–Crippen MR) is 80.5 cm³/mol. The van der Waals surface area contributed by atoms with Gasteiger partial charge in [0, 0.05) is 11.6 Å². The SMILES string of the molecule is CC(Cl)c1ccccc1NC(=O)C1CCCCCC1. The second-order valence-corrected chi connectivity index (χ2v) is 6.04. The standard InChI is InChI=1S/C16H22ClNO/c1-12(17)14-10-6-7-11-15(14)18-16(19)13-8-4-2-3-5-9-13/h6-7,10-13H,2-5,8-9H2,1H3,(H,18,19). The monoisotopic (exact) mass is 279 g/mol. The molecule has 1 saturated carbocycles. The van der Waals surface area contributed by atoms with Crippen molar-refractivity contribution < 1.29 is 4.79 Å².